The van der Waals surface area contributed by atoms with E-state index in [1.54, 1.807) is 6.07 Å². The van der Waals surface area contributed by atoms with Crippen molar-refractivity contribution >= 4 is 5.97 Å². The van der Waals surface area contributed by atoms with Crippen molar-refractivity contribution in [1.29, 1.82) is 5.26 Å². The molecular weight excluding hydrogens is 252 g/mol. The van der Waals surface area contributed by atoms with Crippen LogP contribution in [0.4, 0.5) is 0 Å². The Morgan fingerprint density at radius 1 is 1.20 bits per heavy atom. The summed E-state index contributed by atoms with van der Waals surface area (Å²) in [6.45, 7) is 0. The Hall–Kier alpha value is -1.76. The Morgan fingerprint density at radius 2 is 1.80 bits per heavy atom. The van der Waals surface area contributed by atoms with Crippen LogP contribution in [-0.4, -0.2) is 15.6 Å². The minimum Gasteiger partial charge on any atom is -0.477 e. The Bertz CT molecular complexity index is 582. The Morgan fingerprint density at radius 3 is 2.30 bits per heavy atom. The SMILES string of the molecule is N#Cc1ccn(C2C3CC4CC(C3)CC2C4)c1C(=O)O. The highest BCUT2D eigenvalue weighted by Gasteiger charge is 2.49. The van der Waals surface area contributed by atoms with Crippen molar-refractivity contribution in [3.8, 4) is 6.07 Å². The molecule has 0 radical (unpaired) electrons. The molecule has 0 spiro atoms. The highest BCUT2D eigenvalue weighted by Crippen LogP contribution is 2.58. The molecule has 104 valence electrons. The fraction of sp³-hybridized carbons (Fsp3) is 0.625. The molecule has 1 N–H and O–H groups in total. The van der Waals surface area contributed by atoms with Crippen LogP contribution >= 0.6 is 0 Å². The van der Waals surface area contributed by atoms with Crippen molar-refractivity contribution < 1.29 is 9.90 Å². The van der Waals surface area contributed by atoms with Gasteiger partial charge in [0, 0.05) is 12.2 Å². The van der Waals surface area contributed by atoms with E-state index in [0.717, 1.165) is 11.8 Å². The minimum absolute atomic E-state index is 0.199. The Kier molecular flexibility index (Phi) is 2.47. The van der Waals surface area contributed by atoms with Crippen molar-refractivity contribution in [2.45, 2.75) is 38.1 Å². The predicted molar refractivity (Wildman–Crippen MR) is 72.2 cm³/mol. The van der Waals surface area contributed by atoms with Crippen molar-refractivity contribution in [2.75, 3.05) is 0 Å². The first-order chi connectivity index (χ1) is 9.67. The van der Waals surface area contributed by atoms with E-state index in [0.29, 0.717) is 23.4 Å². The van der Waals surface area contributed by atoms with E-state index < -0.39 is 5.97 Å². The zero-order valence-electron chi connectivity index (χ0n) is 11.3. The molecule has 0 saturated heterocycles. The zero-order valence-corrected chi connectivity index (χ0v) is 11.3. The number of nitrogens with zero attached hydrogens (tertiary/aromatic N) is 2. The number of carboxylic acid groups (broad SMARTS) is 1. The summed E-state index contributed by atoms with van der Waals surface area (Å²) in [6.07, 6.45) is 8.21. The molecule has 4 heteroatoms. The molecule has 0 unspecified atom stereocenters. The van der Waals surface area contributed by atoms with Crippen LogP contribution in [0.5, 0.6) is 0 Å². The number of carbonyl (C=O) groups is 1. The summed E-state index contributed by atoms with van der Waals surface area (Å²) >= 11 is 0. The van der Waals surface area contributed by atoms with Crippen LogP contribution in [0.2, 0.25) is 0 Å². The average molecular weight is 270 g/mol. The monoisotopic (exact) mass is 270 g/mol. The van der Waals surface area contributed by atoms with Crippen LogP contribution in [0.25, 0.3) is 0 Å². The lowest BCUT2D eigenvalue weighted by molar-refractivity contribution is -0.0299. The van der Waals surface area contributed by atoms with Crippen molar-refractivity contribution in [3.05, 3.63) is 23.5 Å². The van der Waals surface area contributed by atoms with Gasteiger partial charge in [-0.15, -0.1) is 0 Å². The van der Waals surface area contributed by atoms with E-state index in [1.165, 1.54) is 32.1 Å². The van der Waals surface area contributed by atoms with Crippen LogP contribution in [0, 0.1) is 35.0 Å². The number of hydrogen-bond acceptors (Lipinski definition) is 2. The van der Waals surface area contributed by atoms with Gasteiger partial charge in [-0.2, -0.15) is 5.26 Å². The summed E-state index contributed by atoms with van der Waals surface area (Å²) in [7, 11) is 0. The molecule has 1 heterocycles. The lowest BCUT2D eigenvalue weighted by Crippen LogP contribution is -2.46. The highest BCUT2D eigenvalue weighted by molar-refractivity contribution is 5.89. The van der Waals surface area contributed by atoms with E-state index in [1.807, 2.05) is 16.8 Å². The molecule has 4 nitrogen and oxygen atoms in total. The van der Waals surface area contributed by atoms with E-state index in [-0.39, 0.29) is 5.69 Å². The van der Waals surface area contributed by atoms with Crippen LogP contribution in [-0.2, 0) is 0 Å². The second-order valence-electron chi connectivity index (χ2n) is 6.82. The number of rotatable bonds is 2. The lowest BCUT2D eigenvalue weighted by atomic mass is 9.54. The molecule has 4 aliphatic carbocycles. The highest BCUT2D eigenvalue weighted by atomic mass is 16.4. The molecule has 4 aliphatic rings. The molecule has 4 saturated carbocycles. The standard InChI is InChI=1S/C16H18N2O2/c17-8-11-1-2-18(15(11)16(19)20)14-12-4-9-3-10(6-12)7-13(14)5-9/h1-2,9-10,12-14H,3-7H2,(H,19,20). The van der Waals surface area contributed by atoms with Gasteiger partial charge in [0.1, 0.15) is 11.8 Å². The van der Waals surface area contributed by atoms with E-state index >= 15 is 0 Å². The molecule has 0 atom stereocenters. The maximum Gasteiger partial charge on any atom is 0.353 e. The average Bonchev–Trinajstić information content (AvgIpc) is 2.81. The lowest BCUT2D eigenvalue weighted by Gasteiger charge is -2.54. The number of aromatic carboxylic acids is 1. The first kappa shape index (κ1) is 12.0. The minimum atomic E-state index is -0.972. The smallest absolute Gasteiger partial charge is 0.353 e. The van der Waals surface area contributed by atoms with Crippen LogP contribution in [0.15, 0.2) is 12.3 Å². The topological polar surface area (TPSA) is 66.0 Å². The van der Waals surface area contributed by atoms with Gasteiger partial charge in [0.05, 0.1) is 5.56 Å². The zero-order chi connectivity index (χ0) is 13.9. The van der Waals surface area contributed by atoms with E-state index in [9.17, 15) is 9.90 Å². The Labute approximate surface area is 118 Å². The molecule has 1 aromatic rings. The van der Waals surface area contributed by atoms with Crippen molar-refractivity contribution in [3.63, 3.8) is 0 Å². The summed E-state index contributed by atoms with van der Waals surface area (Å²) < 4.78 is 1.91. The van der Waals surface area contributed by atoms with Gasteiger partial charge in [-0.25, -0.2) is 4.79 Å². The van der Waals surface area contributed by atoms with Crippen molar-refractivity contribution in [1.82, 2.24) is 4.57 Å². The summed E-state index contributed by atoms with van der Waals surface area (Å²) in [5, 5.41) is 18.6. The van der Waals surface area contributed by atoms with Gasteiger partial charge in [-0.05, 0) is 61.8 Å². The molecule has 5 rings (SSSR count). The fourth-order valence-electron chi connectivity index (χ4n) is 5.36. The molecular formula is C16H18N2O2. The molecule has 4 bridgehead atoms. The largest absolute Gasteiger partial charge is 0.477 e. The van der Waals surface area contributed by atoms with Gasteiger partial charge >= 0.3 is 5.97 Å². The fourth-order valence-corrected chi connectivity index (χ4v) is 5.36. The van der Waals surface area contributed by atoms with Gasteiger partial charge in [-0.1, -0.05) is 0 Å². The molecule has 0 aliphatic heterocycles. The van der Waals surface area contributed by atoms with E-state index in [2.05, 4.69) is 0 Å². The van der Waals surface area contributed by atoms with Gasteiger partial charge in [-0.3, -0.25) is 0 Å². The normalized spacial score (nSPS) is 37.9. The number of carboxylic acids is 1. The van der Waals surface area contributed by atoms with E-state index in [4.69, 9.17) is 5.26 Å². The molecule has 20 heavy (non-hydrogen) atoms. The van der Waals surface area contributed by atoms with Gasteiger partial charge < -0.3 is 9.67 Å². The van der Waals surface area contributed by atoms with Gasteiger partial charge in [0.15, 0.2) is 0 Å². The van der Waals surface area contributed by atoms with Gasteiger partial charge in [0.2, 0.25) is 0 Å². The first-order valence-electron chi connectivity index (χ1n) is 7.51. The second-order valence-corrected chi connectivity index (χ2v) is 6.82. The summed E-state index contributed by atoms with van der Waals surface area (Å²) in [5.74, 6) is 1.99. The summed E-state index contributed by atoms with van der Waals surface area (Å²) in [4.78, 5) is 11.5. The first-order valence-corrected chi connectivity index (χ1v) is 7.51. The second kappa shape index (κ2) is 4.12. The van der Waals surface area contributed by atoms with Crippen molar-refractivity contribution in [2.24, 2.45) is 23.7 Å². The third kappa shape index (κ3) is 1.56. The van der Waals surface area contributed by atoms with Gasteiger partial charge in [0.25, 0.3) is 0 Å². The maximum atomic E-state index is 11.5. The molecule has 1 aromatic heterocycles. The quantitative estimate of drug-likeness (QED) is 0.898. The molecule has 0 amide bonds. The number of hydrogen-bond donors (Lipinski definition) is 1. The number of nitriles is 1. The van der Waals surface area contributed by atoms with Crippen LogP contribution in [0.1, 0.15) is 54.2 Å². The maximum absolute atomic E-state index is 11.5. The Balaban J connectivity index is 1.77. The molecule has 0 aromatic carbocycles. The summed E-state index contributed by atoms with van der Waals surface area (Å²) in [5.41, 5.74) is 0.497. The predicted octanol–water partition coefficient (Wildman–Crippen LogP) is 3.06. The number of aromatic nitrogens is 1. The molecule has 4 fully saturated rings. The third-order valence-electron chi connectivity index (χ3n) is 5.74. The third-order valence-corrected chi connectivity index (χ3v) is 5.74. The van der Waals surface area contributed by atoms with Crippen LogP contribution in [0.3, 0.4) is 0 Å². The summed E-state index contributed by atoms with van der Waals surface area (Å²) in [6, 6.07) is 3.98. The van der Waals surface area contributed by atoms with Crippen LogP contribution < -0.4 is 0 Å².